The number of carbonyl (C=O) groups excluding carboxylic acids is 2. The van der Waals surface area contributed by atoms with Crippen molar-refractivity contribution >= 4 is 28.4 Å². The Kier molecular flexibility index (Phi) is 4.98. The largest absolute Gasteiger partial charge is 0.338 e. The molecule has 1 heterocycles. The molecule has 5 heteroatoms. The van der Waals surface area contributed by atoms with Gasteiger partial charge in [0.1, 0.15) is 5.82 Å². The number of hydrogen-bond acceptors (Lipinski definition) is 3. The summed E-state index contributed by atoms with van der Waals surface area (Å²) in [5.74, 6) is 0.560. The summed E-state index contributed by atoms with van der Waals surface area (Å²) in [4.78, 5) is 27.5. The summed E-state index contributed by atoms with van der Waals surface area (Å²) in [6, 6.07) is 13.3. The number of ketones is 1. The minimum Gasteiger partial charge on any atom is -0.338 e. The zero-order chi connectivity index (χ0) is 18.7. The van der Waals surface area contributed by atoms with Crippen molar-refractivity contribution in [2.24, 2.45) is 0 Å². The molecular weight excluding hydrogens is 326 g/mol. The van der Waals surface area contributed by atoms with E-state index in [0.717, 1.165) is 27.5 Å². The van der Waals surface area contributed by atoms with Gasteiger partial charge in [-0.3, -0.25) is 10.1 Å². The lowest BCUT2D eigenvalue weighted by Gasteiger charge is -2.10. The van der Waals surface area contributed by atoms with Crippen molar-refractivity contribution in [3.8, 4) is 11.1 Å². The molecule has 2 N–H and O–H groups in total. The SMILES string of the molecule is CCNC(=O)Nc1cc2cc(-c3ccc(C(C)=O)cc3)cc(C)c2cn1. The third kappa shape index (κ3) is 3.72. The molecule has 0 saturated heterocycles. The Labute approximate surface area is 152 Å². The topological polar surface area (TPSA) is 71.1 Å². The highest BCUT2D eigenvalue weighted by Crippen LogP contribution is 2.28. The number of amides is 2. The zero-order valence-corrected chi connectivity index (χ0v) is 15.1. The fourth-order valence-corrected chi connectivity index (χ4v) is 2.89. The average Bonchev–Trinajstić information content (AvgIpc) is 2.61. The van der Waals surface area contributed by atoms with Gasteiger partial charge >= 0.3 is 6.03 Å². The first-order chi connectivity index (χ1) is 12.5. The number of nitrogens with zero attached hydrogens (tertiary/aromatic N) is 1. The van der Waals surface area contributed by atoms with Gasteiger partial charge < -0.3 is 5.32 Å². The van der Waals surface area contributed by atoms with Crippen molar-refractivity contribution in [2.45, 2.75) is 20.8 Å². The number of fused-ring (bicyclic) bond motifs is 1. The van der Waals surface area contributed by atoms with E-state index >= 15 is 0 Å². The Morgan fingerprint density at radius 1 is 1.04 bits per heavy atom. The maximum atomic E-state index is 11.7. The van der Waals surface area contributed by atoms with Gasteiger partial charge in [0, 0.05) is 23.7 Å². The third-order valence-corrected chi connectivity index (χ3v) is 4.25. The number of nitrogens with one attached hydrogen (secondary N) is 2. The molecule has 0 fully saturated rings. The van der Waals surface area contributed by atoms with Crippen LogP contribution in [0.25, 0.3) is 21.9 Å². The van der Waals surface area contributed by atoms with Gasteiger partial charge in [0.15, 0.2) is 5.78 Å². The molecular formula is C21H21N3O2. The van der Waals surface area contributed by atoms with Gasteiger partial charge in [-0.05, 0) is 55.0 Å². The standard InChI is InChI=1S/C21H21N3O2/c1-4-22-21(26)24-20-11-18-10-17(9-13(2)19(18)12-23-20)16-7-5-15(6-8-16)14(3)25/h5-12H,4H2,1-3H3,(H2,22,23,24,26). The van der Waals surface area contributed by atoms with E-state index in [1.165, 1.54) is 0 Å². The molecule has 132 valence electrons. The summed E-state index contributed by atoms with van der Waals surface area (Å²) >= 11 is 0. The van der Waals surface area contributed by atoms with E-state index in [1.807, 2.05) is 44.2 Å². The monoisotopic (exact) mass is 347 g/mol. The second-order valence-electron chi connectivity index (χ2n) is 6.20. The van der Waals surface area contributed by atoms with Gasteiger partial charge in [-0.15, -0.1) is 0 Å². The summed E-state index contributed by atoms with van der Waals surface area (Å²) in [6.45, 7) is 6.01. The lowest BCUT2D eigenvalue weighted by Crippen LogP contribution is -2.28. The molecule has 0 bridgehead atoms. The number of pyridine rings is 1. The molecule has 0 aliphatic rings. The van der Waals surface area contributed by atoms with Crippen molar-refractivity contribution < 1.29 is 9.59 Å². The smallest absolute Gasteiger partial charge is 0.320 e. The quantitative estimate of drug-likeness (QED) is 0.680. The highest BCUT2D eigenvalue weighted by Gasteiger charge is 2.08. The molecule has 3 aromatic rings. The van der Waals surface area contributed by atoms with Crippen LogP contribution in [-0.4, -0.2) is 23.3 Å². The van der Waals surface area contributed by atoms with Crippen molar-refractivity contribution in [2.75, 3.05) is 11.9 Å². The van der Waals surface area contributed by atoms with Gasteiger partial charge in [0.2, 0.25) is 0 Å². The summed E-state index contributed by atoms with van der Waals surface area (Å²) in [6.07, 6.45) is 1.77. The number of benzene rings is 2. The summed E-state index contributed by atoms with van der Waals surface area (Å²) in [5.41, 5.74) is 3.89. The lowest BCUT2D eigenvalue weighted by atomic mass is 9.97. The fraction of sp³-hybridized carbons (Fsp3) is 0.190. The van der Waals surface area contributed by atoms with Gasteiger partial charge in [-0.2, -0.15) is 0 Å². The van der Waals surface area contributed by atoms with E-state index in [0.29, 0.717) is 17.9 Å². The number of aromatic nitrogens is 1. The van der Waals surface area contributed by atoms with Crippen LogP contribution in [0.2, 0.25) is 0 Å². The molecule has 0 aliphatic carbocycles. The Hall–Kier alpha value is -3.21. The molecule has 1 aromatic heterocycles. The Balaban J connectivity index is 1.99. The van der Waals surface area contributed by atoms with E-state index in [2.05, 4.69) is 27.8 Å². The Bertz CT molecular complexity index is 978. The first kappa shape index (κ1) is 17.6. The van der Waals surface area contributed by atoms with Crippen LogP contribution in [0.1, 0.15) is 29.8 Å². The molecule has 0 saturated carbocycles. The molecule has 5 nitrogen and oxygen atoms in total. The maximum absolute atomic E-state index is 11.7. The summed E-state index contributed by atoms with van der Waals surface area (Å²) < 4.78 is 0. The van der Waals surface area contributed by atoms with Crippen LogP contribution in [0.15, 0.2) is 48.7 Å². The predicted octanol–water partition coefficient (Wildman–Crippen LogP) is 4.55. The van der Waals surface area contributed by atoms with Crippen LogP contribution < -0.4 is 10.6 Å². The molecule has 0 aliphatic heterocycles. The van der Waals surface area contributed by atoms with Gasteiger partial charge in [0.25, 0.3) is 0 Å². The van der Waals surface area contributed by atoms with Crippen LogP contribution in [0.4, 0.5) is 10.6 Å². The molecule has 0 radical (unpaired) electrons. The van der Waals surface area contributed by atoms with Crippen molar-refractivity contribution in [3.63, 3.8) is 0 Å². The third-order valence-electron chi connectivity index (χ3n) is 4.25. The molecule has 2 amide bonds. The minimum atomic E-state index is -0.271. The Morgan fingerprint density at radius 3 is 2.42 bits per heavy atom. The normalized spacial score (nSPS) is 10.6. The lowest BCUT2D eigenvalue weighted by molar-refractivity contribution is 0.101. The average molecular weight is 347 g/mol. The summed E-state index contributed by atoms with van der Waals surface area (Å²) in [5, 5.41) is 7.46. The van der Waals surface area contributed by atoms with Gasteiger partial charge in [0.05, 0.1) is 0 Å². The molecule has 0 atom stereocenters. The van der Waals surface area contributed by atoms with Crippen molar-refractivity contribution in [1.82, 2.24) is 10.3 Å². The van der Waals surface area contributed by atoms with Gasteiger partial charge in [-0.25, -0.2) is 9.78 Å². The van der Waals surface area contributed by atoms with E-state index in [4.69, 9.17) is 0 Å². The number of rotatable bonds is 4. The number of urea groups is 1. The molecule has 2 aromatic carbocycles. The van der Waals surface area contributed by atoms with Crippen molar-refractivity contribution in [3.05, 3.63) is 59.8 Å². The van der Waals surface area contributed by atoms with E-state index in [-0.39, 0.29) is 11.8 Å². The van der Waals surface area contributed by atoms with E-state index in [1.54, 1.807) is 13.1 Å². The number of hydrogen-bond donors (Lipinski definition) is 2. The van der Waals surface area contributed by atoms with Crippen LogP contribution in [0.5, 0.6) is 0 Å². The van der Waals surface area contributed by atoms with Gasteiger partial charge in [-0.1, -0.05) is 30.3 Å². The highest BCUT2D eigenvalue weighted by atomic mass is 16.2. The molecule has 0 spiro atoms. The van der Waals surface area contributed by atoms with Crippen molar-refractivity contribution in [1.29, 1.82) is 0 Å². The molecule has 26 heavy (non-hydrogen) atoms. The highest BCUT2D eigenvalue weighted by molar-refractivity contribution is 5.96. The number of aryl methyl sites for hydroxylation is 1. The van der Waals surface area contributed by atoms with E-state index in [9.17, 15) is 9.59 Å². The first-order valence-corrected chi connectivity index (χ1v) is 8.54. The van der Waals surface area contributed by atoms with Crippen LogP contribution in [0.3, 0.4) is 0 Å². The van der Waals surface area contributed by atoms with Crippen LogP contribution >= 0.6 is 0 Å². The Morgan fingerprint density at radius 2 is 1.77 bits per heavy atom. The predicted molar refractivity (Wildman–Crippen MR) is 105 cm³/mol. The van der Waals surface area contributed by atoms with Crippen LogP contribution in [0, 0.1) is 6.92 Å². The first-order valence-electron chi connectivity index (χ1n) is 8.54. The zero-order valence-electron chi connectivity index (χ0n) is 15.1. The second-order valence-corrected chi connectivity index (χ2v) is 6.20. The maximum Gasteiger partial charge on any atom is 0.320 e. The second kappa shape index (κ2) is 7.35. The van der Waals surface area contributed by atoms with E-state index < -0.39 is 0 Å². The number of Topliss-reactive ketones (excluding diaryl/α,β-unsaturated/α-hetero) is 1. The number of carbonyl (C=O) groups is 2. The summed E-state index contributed by atoms with van der Waals surface area (Å²) in [7, 11) is 0. The number of anilines is 1. The molecule has 0 unspecified atom stereocenters. The fourth-order valence-electron chi connectivity index (χ4n) is 2.89. The van der Waals surface area contributed by atoms with Crippen LogP contribution in [-0.2, 0) is 0 Å². The molecule has 3 rings (SSSR count). The minimum absolute atomic E-state index is 0.0541.